The molecule has 0 atom stereocenters. The Morgan fingerprint density at radius 3 is 2.06 bits per heavy atom. The van der Waals surface area contributed by atoms with Gasteiger partial charge in [0.25, 0.3) is 0 Å². The molecule has 5 aliphatic rings. The van der Waals surface area contributed by atoms with Crippen molar-refractivity contribution < 1.29 is 5.11 Å². The highest BCUT2D eigenvalue weighted by atomic mass is 16.3. The third-order valence-electron chi connectivity index (χ3n) is 5.89. The van der Waals surface area contributed by atoms with Gasteiger partial charge >= 0.3 is 0 Å². The predicted octanol–water partition coefficient (Wildman–Crippen LogP) is 2.79. The molecule has 2 N–H and O–H groups in total. The number of nitrogens with one attached hydrogen (secondary N) is 1. The molecule has 98 valence electrons. The molecular formula is C15H22N2O. The maximum atomic E-state index is 10.2. The van der Waals surface area contributed by atoms with Gasteiger partial charge < -0.3 is 10.0 Å². The minimum atomic E-state index is 0.486. The van der Waals surface area contributed by atoms with Crippen LogP contribution in [0.15, 0.2) is 11.3 Å². The number of aliphatic hydroxyl groups excluding tert-OH is 1. The van der Waals surface area contributed by atoms with Gasteiger partial charge in [0.2, 0.25) is 0 Å². The van der Waals surface area contributed by atoms with Gasteiger partial charge in [-0.15, -0.1) is 0 Å². The lowest BCUT2D eigenvalue weighted by molar-refractivity contribution is -0.0197. The van der Waals surface area contributed by atoms with Crippen LogP contribution in [0.1, 0.15) is 32.1 Å². The van der Waals surface area contributed by atoms with E-state index in [1.807, 2.05) is 11.9 Å². The summed E-state index contributed by atoms with van der Waals surface area (Å²) in [6, 6.07) is 0. The van der Waals surface area contributed by atoms with Gasteiger partial charge in [0, 0.05) is 12.6 Å². The molecule has 3 nitrogen and oxygen atoms in total. The quantitative estimate of drug-likeness (QED) is 0.747. The number of hydrogen-bond donors (Lipinski definition) is 2. The van der Waals surface area contributed by atoms with E-state index in [9.17, 15) is 5.11 Å². The van der Waals surface area contributed by atoms with E-state index in [1.165, 1.54) is 32.1 Å². The van der Waals surface area contributed by atoms with Gasteiger partial charge in [0.15, 0.2) is 0 Å². The van der Waals surface area contributed by atoms with Crippen LogP contribution in [0.5, 0.6) is 0 Å². The molecule has 0 radical (unpaired) electrons. The Morgan fingerprint density at radius 1 is 1.06 bits per heavy atom. The van der Waals surface area contributed by atoms with Crippen molar-refractivity contribution in [1.82, 2.24) is 4.90 Å². The lowest BCUT2D eigenvalue weighted by atomic mass is 9.50. The van der Waals surface area contributed by atoms with Gasteiger partial charge in [-0.25, -0.2) is 0 Å². The van der Waals surface area contributed by atoms with Gasteiger partial charge in [-0.05, 0) is 61.7 Å². The lowest BCUT2D eigenvalue weighted by Gasteiger charge is -2.54. The second-order valence-electron chi connectivity index (χ2n) is 7.02. The second kappa shape index (κ2) is 3.52. The molecule has 4 saturated carbocycles. The lowest BCUT2D eigenvalue weighted by Crippen LogP contribution is -2.46. The van der Waals surface area contributed by atoms with E-state index < -0.39 is 0 Å². The second-order valence-corrected chi connectivity index (χ2v) is 7.02. The highest BCUT2D eigenvalue weighted by Gasteiger charge is 2.51. The van der Waals surface area contributed by atoms with Crippen molar-refractivity contribution in [1.29, 1.82) is 5.41 Å². The first kappa shape index (κ1) is 10.9. The van der Waals surface area contributed by atoms with Gasteiger partial charge in [0.1, 0.15) is 11.6 Å². The summed E-state index contributed by atoms with van der Waals surface area (Å²) in [6.45, 7) is 0.553. The summed E-state index contributed by atoms with van der Waals surface area (Å²) in [7, 11) is 1.92. The topological polar surface area (TPSA) is 47.3 Å². The average Bonchev–Trinajstić information content (AvgIpc) is 2.54. The molecule has 0 aromatic carbocycles. The zero-order chi connectivity index (χ0) is 12.4. The first-order chi connectivity index (χ1) is 8.63. The van der Waals surface area contributed by atoms with Gasteiger partial charge in [-0.1, -0.05) is 0 Å². The normalized spacial score (nSPS) is 46.4. The van der Waals surface area contributed by atoms with Crippen molar-refractivity contribution >= 4 is 5.84 Å². The zero-order valence-corrected chi connectivity index (χ0v) is 11.0. The van der Waals surface area contributed by atoms with E-state index in [1.54, 1.807) is 0 Å². The molecule has 1 aliphatic heterocycles. The monoisotopic (exact) mass is 246 g/mol. The van der Waals surface area contributed by atoms with E-state index in [-0.39, 0.29) is 0 Å². The Balaban J connectivity index is 1.70. The molecule has 4 aliphatic carbocycles. The fourth-order valence-electron chi connectivity index (χ4n) is 5.48. The maximum Gasteiger partial charge on any atom is 0.127 e. The van der Waals surface area contributed by atoms with Crippen LogP contribution in [-0.2, 0) is 0 Å². The van der Waals surface area contributed by atoms with Crippen molar-refractivity contribution in [2.45, 2.75) is 32.1 Å². The number of nitrogens with zero attached hydrogens (tertiary/aromatic N) is 1. The summed E-state index contributed by atoms with van der Waals surface area (Å²) in [4.78, 5) is 1.88. The number of likely N-dealkylation sites (N-methyl/N-ethyl adjacent to an activating group) is 1. The molecular weight excluding hydrogens is 224 g/mol. The van der Waals surface area contributed by atoms with Crippen LogP contribution in [0.4, 0.5) is 0 Å². The number of hydrogen-bond acceptors (Lipinski definition) is 2. The molecule has 0 aromatic heterocycles. The zero-order valence-electron chi connectivity index (χ0n) is 11.0. The van der Waals surface area contributed by atoms with E-state index in [0.717, 1.165) is 29.2 Å². The standard InChI is InChI=1S/C15H22N2O/c1-17-7-12(18)14(15(17)16)13-10-3-8-2-9(5-10)6-11(13)4-8/h8-11,13,16,18H,2-7H2,1H3. The average molecular weight is 246 g/mol. The minimum absolute atomic E-state index is 0.486. The molecule has 4 fully saturated rings. The summed E-state index contributed by atoms with van der Waals surface area (Å²) in [5.41, 5.74) is 1.01. The van der Waals surface area contributed by atoms with E-state index in [4.69, 9.17) is 5.41 Å². The fourth-order valence-corrected chi connectivity index (χ4v) is 5.48. The summed E-state index contributed by atoms with van der Waals surface area (Å²) >= 11 is 0. The first-order valence-corrected chi connectivity index (χ1v) is 7.35. The maximum absolute atomic E-state index is 10.2. The number of rotatable bonds is 1. The molecule has 0 unspecified atom stereocenters. The predicted molar refractivity (Wildman–Crippen MR) is 70.5 cm³/mol. The van der Waals surface area contributed by atoms with Crippen molar-refractivity contribution in [3.05, 3.63) is 11.3 Å². The Morgan fingerprint density at radius 2 is 1.61 bits per heavy atom. The molecule has 3 heteroatoms. The van der Waals surface area contributed by atoms with Crippen LogP contribution < -0.4 is 0 Å². The molecule has 5 rings (SSSR count). The highest BCUT2D eigenvalue weighted by Crippen LogP contribution is 2.59. The van der Waals surface area contributed by atoms with Crippen LogP contribution in [0.2, 0.25) is 0 Å². The summed E-state index contributed by atoms with van der Waals surface area (Å²) in [5.74, 6) is 5.00. The molecule has 18 heavy (non-hydrogen) atoms. The molecule has 0 amide bonds. The molecule has 0 aromatic rings. The largest absolute Gasteiger partial charge is 0.510 e. The van der Waals surface area contributed by atoms with E-state index in [2.05, 4.69) is 0 Å². The Bertz CT molecular complexity index is 412. The fraction of sp³-hybridized carbons (Fsp3) is 0.800. The van der Waals surface area contributed by atoms with Crippen molar-refractivity contribution in [3.8, 4) is 0 Å². The van der Waals surface area contributed by atoms with Crippen LogP contribution in [-0.4, -0.2) is 29.4 Å². The van der Waals surface area contributed by atoms with Gasteiger partial charge in [0.05, 0.1) is 6.54 Å². The Labute approximate surface area is 108 Å². The Kier molecular flexibility index (Phi) is 2.13. The molecule has 1 heterocycles. The molecule has 4 bridgehead atoms. The third-order valence-corrected chi connectivity index (χ3v) is 5.89. The van der Waals surface area contributed by atoms with Gasteiger partial charge in [-0.3, -0.25) is 5.41 Å². The minimum Gasteiger partial charge on any atom is -0.510 e. The number of amidine groups is 1. The van der Waals surface area contributed by atoms with Gasteiger partial charge in [-0.2, -0.15) is 0 Å². The Hall–Kier alpha value is -0.990. The third kappa shape index (κ3) is 1.33. The summed E-state index contributed by atoms with van der Waals surface area (Å²) in [5, 5.41) is 18.4. The van der Waals surface area contributed by atoms with E-state index >= 15 is 0 Å². The van der Waals surface area contributed by atoms with Crippen molar-refractivity contribution in [2.75, 3.05) is 13.6 Å². The molecule has 0 spiro atoms. The molecule has 0 saturated heterocycles. The van der Waals surface area contributed by atoms with Crippen LogP contribution in [0.25, 0.3) is 0 Å². The van der Waals surface area contributed by atoms with Crippen LogP contribution in [0, 0.1) is 35.0 Å². The first-order valence-electron chi connectivity index (χ1n) is 7.35. The van der Waals surface area contributed by atoms with Crippen molar-refractivity contribution in [3.63, 3.8) is 0 Å². The summed E-state index contributed by atoms with van der Waals surface area (Å²) < 4.78 is 0. The number of aliphatic hydroxyl groups is 1. The smallest absolute Gasteiger partial charge is 0.127 e. The summed E-state index contributed by atoms with van der Waals surface area (Å²) in [6.07, 6.45) is 6.87. The SMILES string of the molecule is CN1CC(O)=C(C2C3CC4CC(C3)CC2C4)C1=N. The van der Waals surface area contributed by atoms with Crippen molar-refractivity contribution in [2.24, 2.45) is 29.6 Å². The van der Waals surface area contributed by atoms with Crippen LogP contribution >= 0.6 is 0 Å². The van der Waals surface area contributed by atoms with E-state index in [0.29, 0.717) is 24.1 Å². The highest BCUT2D eigenvalue weighted by molar-refractivity contribution is 5.99. The van der Waals surface area contributed by atoms with Crippen LogP contribution in [0.3, 0.4) is 0 Å².